The molecule has 0 atom stereocenters. The third-order valence-corrected chi connectivity index (χ3v) is 3.85. The van der Waals surface area contributed by atoms with Crippen LogP contribution in [-0.4, -0.2) is 11.8 Å². The van der Waals surface area contributed by atoms with Gasteiger partial charge in [0, 0.05) is 26.6 Å². The Hall–Kier alpha value is -1.03. The fourth-order valence-electron chi connectivity index (χ4n) is 1.96. The zero-order chi connectivity index (χ0) is 15.2. The first kappa shape index (κ1) is 16.3. The zero-order valence-corrected chi connectivity index (χ0v) is 14.3. The van der Waals surface area contributed by atoms with Crippen LogP contribution in [0.25, 0.3) is 0 Å². The maximum atomic E-state index is 12.2. The van der Waals surface area contributed by atoms with Crippen molar-refractivity contribution in [2.24, 2.45) is 0 Å². The molecule has 0 saturated carbocycles. The van der Waals surface area contributed by atoms with E-state index < -0.39 is 0 Å². The predicted molar refractivity (Wildman–Crippen MR) is 92.6 cm³/mol. The number of nitrogens with one attached hydrogen (secondary N) is 1. The maximum Gasteiger partial charge on any atom is 0.255 e. The van der Waals surface area contributed by atoms with Crippen molar-refractivity contribution < 1.29 is 4.79 Å². The molecule has 2 aromatic rings. The fraction of sp³-hybridized carbons (Fsp3) is 0.188. The Morgan fingerprint density at radius 3 is 2.71 bits per heavy atom. The molecule has 21 heavy (non-hydrogen) atoms. The molecule has 5 heteroatoms. The van der Waals surface area contributed by atoms with E-state index in [0.717, 1.165) is 28.6 Å². The SMILES string of the molecule is O=C(Nc1cccc(CCCCl)c1)c1cc(Cl)cc(Br)c1. The Kier molecular flexibility index (Phi) is 6.09. The van der Waals surface area contributed by atoms with E-state index in [2.05, 4.69) is 21.2 Å². The number of carbonyl (C=O) groups excluding carboxylic acids is 1. The lowest BCUT2D eigenvalue weighted by atomic mass is 10.1. The molecule has 0 spiro atoms. The predicted octanol–water partition coefficient (Wildman–Crippen LogP) is 5.53. The highest BCUT2D eigenvalue weighted by Gasteiger charge is 2.08. The first-order chi connectivity index (χ1) is 10.1. The highest BCUT2D eigenvalue weighted by Crippen LogP contribution is 2.21. The van der Waals surface area contributed by atoms with Crippen LogP contribution in [0.4, 0.5) is 5.69 Å². The van der Waals surface area contributed by atoms with Crippen LogP contribution in [0.1, 0.15) is 22.3 Å². The third kappa shape index (κ3) is 5.03. The molecule has 2 aromatic carbocycles. The number of hydrogen-bond acceptors (Lipinski definition) is 1. The molecule has 0 aliphatic carbocycles. The van der Waals surface area contributed by atoms with Gasteiger partial charge < -0.3 is 5.32 Å². The standard InChI is InChI=1S/C16H14BrCl2NO/c17-13-8-12(9-14(19)10-13)16(21)20-15-5-1-3-11(7-15)4-2-6-18/h1,3,5,7-10H,2,4,6H2,(H,20,21). The van der Waals surface area contributed by atoms with Crippen LogP contribution < -0.4 is 5.32 Å². The normalized spacial score (nSPS) is 10.4. The number of anilines is 1. The third-order valence-electron chi connectivity index (χ3n) is 2.91. The van der Waals surface area contributed by atoms with E-state index in [1.54, 1.807) is 18.2 Å². The Bertz CT molecular complexity index is 626. The number of amides is 1. The molecule has 0 radical (unpaired) electrons. The molecule has 0 aromatic heterocycles. The second kappa shape index (κ2) is 7.83. The summed E-state index contributed by atoms with van der Waals surface area (Å²) in [5.74, 6) is 0.445. The van der Waals surface area contributed by atoms with Crippen LogP contribution in [0.3, 0.4) is 0 Å². The number of halogens is 3. The minimum absolute atomic E-state index is 0.187. The van der Waals surface area contributed by atoms with Gasteiger partial charge >= 0.3 is 0 Å². The quantitative estimate of drug-likeness (QED) is 0.672. The molecular weight excluding hydrogens is 373 g/mol. The molecule has 0 aliphatic heterocycles. The summed E-state index contributed by atoms with van der Waals surface area (Å²) in [6.45, 7) is 0. The lowest BCUT2D eigenvalue weighted by Crippen LogP contribution is -2.12. The van der Waals surface area contributed by atoms with Gasteiger partial charge in [0.25, 0.3) is 5.91 Å². The molecule has 0 unspecified atom stereocenters. The van der Waals surface area contributed by atoms with Crippen LogP contribution in [0.2, 0.25) is 5.02 Å². The van der Waals surface area contributed by atoms with Crippen molar-refractivity contribution in [1.82, 2.24) is 0 Å². The highest BCUT2D eigenvalue weighted by atomic mass is 79.9. The van der Waals surface area contributed by atoms with Crippen molar-refractivity contribution in [3.05, 3.63) is 63.1 Å². The smallest absolute Gasteiger partial charge is 0.255 e. The molecule has 0 bridgehead atoms. The van der Waals surface area contributed by atoms with Crippen molar-refractivity contribution in [3.63, 3.8) is 0 Å². The minimum atomic E-state index is -0.187. The van der Waals surface area contributed by atoms with Gasteiger partial charge in [-0.3, -0.25) is 4.79 Å². The van der Waals surface area contributed by atoms with Crippen LogP contribution >= 0.6 is 39.1 Å². The summed E-state index contributed by atoms with van der Waals surface area (Å²) < 4.78 is 0.774. The second-order valence-electron chi connectivity index (χ2n) is 4.61. The largest absolute Gasteiger partial charge is 0.322 e. The molecule has 0 fully saturated rings. The summed E-state index contributed by atoms with van der Waals surface area (Å²) in [5, 5.41) is 3.40. The van der Waals surface area contributed by atoms with Crippen molar-refractivity contribution in [2.75, 3.05) is 11.2 Å². The van der Waals surface area contributed by atoms with Gasteiger partial charge in [0.05, 0.1) is 0 Å². The molecule has 1 N–H and O–H groups in total. The number of aryl methyl sites for hydroxylation is 1. The van der Waals surface area contributed by atoms with Crippen LogP contribution in [-0.2, 0) is 6.42 Å². The number of alkyl halides is 1. The van der Waals surface area contributed by atoms with E-state index in [9.17, 15) is 4.79 Å². The monoisotopic (exact) mass is 385 g/mol. The zero-order valence-electron chi connectivity index (χ0n) is 11.2. The average Bonchev–Trinajstić information content (AvgIpc) is 2.44. The Labute approximate surface area is 142 Å². The lowest BCUT2D eigenvalue weighted by molar-refractivity contribution is 0.102. The van der Waals surface area contributed by atoms with Crippen molar-refractivity contribution >= 4 is 50.7 Å². The molecule has 2 rings (SSSR count). The number of hydrogen-bond donors (Lipinski definition) is 1. The summed E-state index contributed by atoms with van der Waals surface area (Å²) in [4.78, 5) is 12.2. The Balaban J connectivity index is 2.11. The van der Waals surface area contributed by atoms with E-state index in [0.29, 0.717) is 16.5 Å². The van der Waals surface area contributed by atoms with Crippen LogP contribution in [0.15, 0.2) is 46.9 Å². The summed E-state index contributed by atoms with van der Waals surface area (Å²) in [6, 6.07) is 12.9. The molecule has 110 valence electrons. The van der Waals surface area contributed by atoms with Gasteiger partial charge in [-0.1, -0.05) is 39.7 Å². The van der Waals surface area contributed by atoms with Gasteiger partial charge in [-0.15, -0.1) is 11.6 Å². The van der Waals surface area contributed by atoms with E-state index in [1.165, 1.54) is 0 Å². The summed E-state index contributed by atoms with van der Waals surface area (Å²) in [7, 11) is 0. The Morgan fingerprint density at radius 1 is 1.19 bits per heavy atom. The number of rotatable bonds is 5. The topological polar surface area (TPSA) is 29.1 Å². The van der Waals surface area contributed by atoms with Gasteiger partial charge in [-0.05, 0) is 48.7 Å². The van der Waals surface area contributed by atoms with Gasteiger partial charge in [0.1, 0.15) is 0 Å². The number of benzene rings is 2. The summed E-state index contributed by atoms with van der Waals surface area (Å²) in [6.07, 6.45) is 1.82. The van der Waals surface area contributed by atoms with Gasteiger partial charge in [-0.25, -0.2) is 0 Å². The molecule has 0 saturated heterocycles. The number of carbonyl (C=O) groups is 1. The first-order valence-corrected chi connectivity index (χ1v) is 8.21. The molecule has 0 aliphatic rings. The molecule has 1 amide bonds. The molecular formula is C16H14BrCl2NO. The average molecular weight is 387 g/mol. The van der Waals surface area contributed by atoms with Gasteiger partial charge in [-0.2, -0.15) is 0 Å². The van der Waals surface area contributed by atoms with E-state index in [4.69, 9.17) is 23.2 Å². The highest BCUT2D eigenvalue weighted by molar-refractivity contribution is 9.10. The van der Waals surface area contributed by atoms with Gasteiger partial charge in [0.2, 0.25) is 0 Å². The van der Waals surface area contributed by atoms with Crippen LogP contribution in [0.5, 0.6) is 0 Å². The van der Waals surface area contributed by atoms with Crippen molar-refractivity contribution in [1.29, 1.82) is 0 Å². The second-order valence-corrected chi connectivity index (χ2v) is 6.34. The van der Waals surface area contributed by atoms with Gasteiger partial charge in [0.15, 0.2) is 0 Å². The first-order valence-electron chi connectivity index (χ1n) is 6.51. The Morgan fingerprint density at radius 2 is 2.00 bits per heavy atom. The van der Waals surface area contributed by atoms with E-state index >= 15 is 0 Å². The van der Waals surface area contributed by atoms with E-state index in [1.807, 2.05) is 24.3 Å². The summed E-state index contributed by atoms with van der Waals surface area (Å²) >= 11 is 15.0. The summed E-state index contributed by atoms with van der Waals surface area (Å²) in [5.41, 5.74) is 2.43. The minimum Gasteiger partial charge on any atom is -0.322 e. The lowest BCUT2D eigenvalue weighted by Gasteiger charge is -2.08. The van der Waals surface area contributed by atoms with Crippen molar-refractivity contribution in [2.45, 2.75) is 12.8 Å². The maximum absolute atomic E-state index is 12.2. The fourth-order valence-corrected chi connectivity index (χ4v) is 2.96. The van der Waals surface area contributed by atoms with Crippen LogP contribution in [0, 0.1) is 0 Å². The van der Waals surface area contributed by atoms with Crippen molar-refractivity contribution in [3.8, 4) is 0 Å². The van der Waals surface area contributed by atoms with E-state index in [-0.39, 0.29) is 5.91 Å². The molecule has 0 heterocycles. The molecule has 2 nitrogen and oxygen atoms in total.